The van der Waals surface area contributed by atoms with Gasteiger partial charge in [-0.25, -0.2) is 0 Å². The Morgan fingerprint density at radius 1 is 1.06 bits per heavy atom. The summed E-state index contributed by atoms with van der Waals surface area (Å²) >= 11 is 0. The molecule has 0 spiro atoms. The SMILES string of the molecule is C=C(c1cn(CCCN(CC)CCCCc2ccc(C)cc2)c2c(O)cccc12)C1CC1. The number of aryl methyl sites for hydroxylation is 3. The molecule has 1 heterocycles. The number of para-hydroxylation sites is 1. The van der Waals surface area contributed by atoms with E-state index in [1.165, 1.54) is 54.4 Å². The molecule has 1 aromatic heterocycles. The number of hydrogen-bond acceptors (Lipinski definition) is 2. The highest BCUT2D eigenvalue weighted by molar-refractivity contribution is 5.96. The summed E-state index contributed by atoms with van der Waals surface area (Å²) in [5, 5.41) is 11.7. The summed E-state index contributed by atoms with van der Waals surface area (Å²) in [6.07, 6.45) is 9.45. The van der Waals surface area contributed by atoms with Gasteiger partial charge in [0.25, 0.3) is 0 Å². The van der Waals surface area contributed by atoms with E-state index in [9.17, 15) is 5.11 Å². The Bertz CT molecular complexity index is 1040. The van der Waals surface area contributed by atoms with Gasteiger partial charge in [0.1, 0.15) is 5.75 Å². The lowest BCUT2D eigenvalue weighted by Gasteiger charge is -2.20. The summed E-state index contributed by atoms with van der Waals surface area (Å²) in [4.78, 5) is 2.56. The molecule has 3 nitrogen and oxygen atoms in total. The lowest BCUT2D eigenvalue weighted by Crippen LogP contribution is -2.26. The van der Waals surface area contributed by atoms with Crippen LogP contribution in [0.3, 0.4) is 0 Å². The van der Waals surface area contributed by atoms with Crippen LogP contribution in [0.15, 0.2) is 55.2 Å². The van der Waals surface area contributed by atoms with Crippen LogP contribution in [-0.4, -0.2) is 34.2 Å². The van der Waals surface area contributed by atoms with Gasteiger partial charge in [-0.3, -0.25) is 0 Å². The zero-order chi connectivity index (χ0) is 22.5. The molecule has 2 aromatic carbocycles. The van der Waals surface area contributed by atoms with Crippen molar-refractivity contribution in [2.75, 3.05) is 19.6 Å². The first-order valence-electron chi connectivity index (χ1n) is 12.3. The van der Waals surface area contributed by atoms with Crippen molar-refractivity contribution in [2.24, 2.45) is 5.92 Å². The third-order valence-electron chi connectivity index (χ3n) is 6.92. The molecule has 1 N–H and O–H groups in total. The number of aromatic nitrogens is 1. The highest BCUT2D eigenvalue weighted by Gasteiger charge is 2.27. The van der Waals surface area contributed by atoms with E-state index in [-0.39, 0.29) is 0 Å². The number of aromatic hydroxyl groups is 1. The number of benzene rings is 2. The molecule has 1 fully saturated rings. The van der Waals surface area contributed by atoms with Crippen molar-refractivity contribution in [3.05, 3.63) is 71.9 Å². The van der Waals surface area contributed by atoms with Crippen molar-refractivity contribution in [3.8, 4) is 5.75 Å². The third-order valence-corrected chi connectivity index (χ3v) is 6.92. The van der Waals surface area contributed by atoms with Crippen LogP contribution in [0.5, 0.6) is 5.75 Å². The molecule has 0 aliphatic heterocycles. The molecule has 0 atom stereocenters. The Balaban J connectivity index is 1.30. The van der Waals surface area contributed by atoms with Crippen LogP contribution in [0.4, 0.5) is 0 Å². The topological polar surface area (TPSA) is 28.4 Å². The molecule has 1 aliphatic rings. The van der Waals surface area contributed by atoms with Gasteiger partial charge in [0.15, 0.2) is 0 Å². The molecule has 0 amide bonds. The predicted molar refractivity (Wildman–Crippen MR) is 136 cm³/mol. The highest BCUT2D eigenvalue weighted by Crippen LogP contribution is 2.44. The summed E-state index contributed by atoms with van der Waals surface area (Å²) in [5.41, 5.74) is 6.20. The zero-order valence-corrected chi connectivity index (χ0v) is 19.8. The van der Waals surface area contributed by atoms with E-state index in [4.69, 9.17) is 0 Å². The standard InChI is InChI=1S/C29H38N2O/c1-4-30(18-6-5-9-24-14-12-22(2)13-15-24)19-8-20-31-21-27(23(3)25-16-17-25)26-10-7-11-28(32)29(26)31/h7,10-15,21,25,32H,3-6,8-9,16-20H2,1-2H3. The van der Waals surface area contributed by atoms with Crippen LogP contribution in [-0.2, 0) is 13.0 Å². The van der Waals surface area contributed by atoms with E-state index >= 15 is 0 Å². The monoisotopic (exact) mass is 430 g/mol. The Morgan fingerprint density at radius 2 is 1.81 bits per heavy atom. The minimum absolute atomic E-state index is 0.376. The van der Waals surface area contributed by atoms with Gasteiger partial charge in [-0.05, 0) is 88.2 Å². The number of nitrogens with zero attached hydrogens (tertiary/aromatic N) is 2. The van der Waals surface area contributed by atoms with E-state index in [1.54, 1.807) is 6.07 Å². The molecule has 3 heteroatoms. The number of allylic oxidation sites excluding steroid dienone is 1. The summed E-state index contributed by atoms with van der Waals surface area (Å²) < 4.78 is 2.25. The molecule has 4 rings (SSSR count). The second-order valence-corrected chi connectivity index (χ2v) is 9.44. The van der Waals surface area contributed by atoms with Crippen molar-refractivity contribution in [3.63, 3.8) is 0 Å². The predicted octanol–water partition coefficient (Wildman–Crippen LogP) is 6.81. The zero-order valence-electron chi connectivity index (χ0n) is 19.8. The van der Waals surface area contributed by atoms with E-state index in [2.05, 4.69) is 66.4 Å². The number of rotatable bonds is 12. The fraction of sp³-hybridized carbons (Fsp3) is 0.448. The first-order valence-corrected chi connectivity index (χ1v) is 12.3. The van der Waals surface area contributed by atoms with Gasteiger partial charge in [-0.15, -0.1) is 0 Å². The van der Waals surface area contributed by atoms with Gasteiger partial charge in [-0.2, -0.15) is 0 Å². The first kappa shape index (κ1) is 22.7. The fourth-order valence-electron chi connectivity index (χ4n) is 4.74. The Hall–Kier alpha value is -2.52. The molecule has 3 aromatic rings. The Labute approximate surface area is 193 Å². The van der Waals surface area contributed by atoms with Crippen molar-refractivity contribution in [1.82, 2.24) is 9.47 Å². The molecule has 170 valence electrons. The van der Waals surface area contributed by atoms with Crippen molar-refractivity contribution in [1.29, 1.82) is 0 Å². The lowest BCUT2D eigenvalue weighted by atomic mass is 10.0. The quantitative estimate of drug-likeness (QED) is 0.320. The molecule has 32 heavy (non-hydrogen) atoms. The van der Waals surface area contributed by atoms with E-state index in [0.29, 0.717) is 11.7 Å². The van der Waals surface area contributed by atoms with Crippen LogP contribution in [0.2, 0.25) is 0 Å². The largest absolute Gasteiger partial charge is 0.506 e. The van der Waals surface area contributed by atoms with Gasteiger partial charge in [0, 0.05) is 23.7 Å². The van der Waals surface area contributed by atoms with Crippen LogP contribution in [0.1, 0.15) is 55.7 Å². The lowest BCUT2D eigenvalue weighted by molar-refractivity contribution is 0.273. The molecule has 0 bridgehead atoms. The molecule has 0 saturated heterocycles. The maximum atomic E-state index is 10.5. The molecule has 1 saturated carbocycles. The van der Waals surface area contributed by atoms with Crippen molar-refractivity contribution in [2.45, 2.75) is 58.9 Å². The average molecular weight is 431 g/mol. The van der Waals surface area contributed by atoms with Crippen molar-refractivity contribution >= 4 is 16.5 Å². The average Bonchev–Trinajstić information content (AvgIpc) is 3.58. The van der Waals surface area contributed by atoms with Gasteiger partial charge in [0.2, 0.25) is 0 Å². The third kappa shape index (κ3) is 5.45. The minimum atomic E-state index is 0.376. The maximum Gasteiger partial charge on any atom is 0.139 e. The molecule has 1 aliphatic carbocycles. The van der Waals surface area contributed by atoms with Crippen molar-refractivity contribution < 1.29 is 5.11 Å². The van der Waals surface area contributed by atoms with Crippen LogP contribution >= 0.6 is 0 Å². The number of phenols is 1. The summed E-state index contributed by atoms with van der Waals surface area (Å²) in [6, 6.07) is 14.8. The summed E-state index contributed by atoms with van der Waals surface area (Å²) in [5.74, 6) is 1.01. The van der Waals surface area contributed by atoms with Crippen LogP contribution < -0.4 is 0 Å². The molecular formula is C29H38N2O. The first-order chi connectivity index (χ1) is 15.6. The Morgan fingerprint density at radius 3 is 2.53 bits per heavy atom. The van der Waals surface area contributed by atoms with Crippen LogP contribution in [0, 0.1) is 12.8 Å². The van der Waals surface area contributed by atoms with E-state index < -0.39 is 0 Å². The van der Waals surface area contributed by atoms with Gasteiger partial charge < -0.3 is 14.6 Å². The summed E-state index contributed by atoms with van der Waals surface area (Å²) in [6.45, 7) is 13.0. The second kappa shape index (κ2) is 10.4. The molecule has 0 radical (unpaired) electrons. The number of phenolic OH excluding ortho intramolecular Hbond substituents is 1. The number of unbranched alkanes of at least 4 members (excludes halogenated alkanes) is 1. The summed E-state index contributed by atoms with van der Waals surface area (Å²) in [7, 11) is 0. The molecular weight excluding hydrogens is 392 g/mol. The smallest absolute Gasteiger partial charge is 0.139 e. The Kier molecular flexibility index (Phi) is 7.36. The highest BCUT2D eigenvalue weighted by atomic mass is 16.3. The number of fused-ring (bicyclic) bond motifs is 1. The second-order valence-electron chi connectivity index (χ2n) is 9.44. The van der Waals surface area contributed by atoms with Gasteiger partial charge in [0.05, 0.1) is 5.52 Å². The molecule has 0 unspecified atom stereocenters. The minimum Gasteiger partial charge on any atom is -0.506 e. The normalized spacial score (nSPS) is 13.8. The van der Waals surface area contributed by atoms with E-state index in [1.807, 2.05) is 6.07 Å². The van der Waals surface area contributed by atoms with E-state index in [0.717, 1.165) is 43.5 Å². The van der Waals surface area contributed by atoms with Gasteiger partial charge in [-0.1, -0.05) is 55.5 Å². The van der Waals surface area contributed by atoms with Gasteiger partial charge >= 0.3 is 0 Å². The van der Waals surface area contributed by atoms with Crippen LogP contribution in [0.25, 0.3) is 16.5 Å². The number of hydrogen-bond donors (Lipinski definition) is 1. The maximum absolute atomic E-state index is 10.5. The fourth-order valence-corrected chi connectivity index (χ4v) is 4.74.